The molecule has 1 aromatic rings. The molecule has 0 spiro atoms. The number of nitrogens with zero attached hydrogens (tertiary/aromatic N) is 1. The minimum absolute atomic E-state index is 0.0770. The summed E-state index contributed by atoms with van der Waals surface area (Å²) in [4.78, 5) is 13.6. The number of aromatic amines is 1. The molecule has 4 heteroatoms. The second-order valence-corrected chi connectivity index (χ2v) is 2.77. The third-order valence-corrected chi connectivity index (χ3v) is 1.90. The van der Waals surface area contributed by atoms with E-state index in [1.807, 2.05) is 12.3 Å². The van der Waals surface area contributed by atoms with Crippen molar-refractivity contribution in [1.29, 1.82) is 0 Å². The normalized spacial score (nSPS) is 9.80. The summed E-state index contributed by atoms with van der Waals surface area (Å²) in [5.74, 6) is 0. The predicted octanol–water partition coefficient (Wildman–Crippen LogP) is -0.0787. The number of hydrogen-bond donors (Lipinski definition) is 1. The Labute approximate surface area is 63.1 Å². The topological polar surface area (TPSA) is 36.7 Å². The van der Waals surface area contributed by atoms with Gasteiger partial charge >= 0.3 is 5.69 Å². The molecule has 1 heterocycles. The zero-order valence-electron chi connectivity index (χ0n) is 5.92. The maximum Gasteiger partial charge on any atom is 0.496 e. The Morgan fingerprint density at radius 1 is 1.70 bits per heavy atom. The van der Waals surface area contributed by atoms with Crippen molar-refractivity contribution in [2.24, 2.45) is 7.05 Å². The number of hydrogen-bond acceptors (Lipinski definition) is 2. The molecule has 3 nitrogen and oxygen atoms in total. The van der Waals surface area contributed by atoms with E-state index in [2.05, 4.69) is 4.98 Å². The minimum Gasteiger partial charge on any atom is -0.201 e. The van der Waals surface area contributed by atoms with Gasteiger partial charge in [0.1, 0.15) is 0 Å². The Bertz CT molecular complexity index is 281. The van der Waals surface area contributed by atoms with Crippen molar-refractivity contribution in [2.75, 3.05) is 6.26 Å². The highest BCUT2D eigenvalue weighted by Gasteiger charge is 1.99. The van der Waals surface area contributed by atoms with Gasteiger partial charge in [0, 0.05) is 6.07 Å². The highest BCUT2D eigenvalue weighted by molar-refractivity contribution is 7.98. The summed E-state index contributed by atoms with van der Waals surface area (Å²) in [7, 11) is 1.71. The van der Waals surface area contributed by atoms with Crippen molar-refractivity contribution >= 4 is 11.8 Å². The van der Waals surface area contributed by atoms with Crippen molar-refractivity contribution in [3.8, 4) is 0 Å². The minimum atomic E-state index is -0.0770. The molecule has 0 aliphatic heterocycles. The lowest BCUT2D eigenvalue weighted by atomic mass is 10.7. The molecule has 1 aromatic heterocycles. The molecule has 1 rings (SSSR count). The van der Waals surface area contributed by atoms with Crippen molar-refractivity contribution in [3.05, 3.63) is 22.7 Å². The van der Waals surface area contributed by atoms with Crippen LogP contribution < -0.4 is 10.3 Å². The van der Waals surface area contributed by atoms with Gasteiger partial charge in [-0.2, -0.15) is 9.78 Å². The van der Waals surface area contributed by atoms with Gasteiger partial charge in [-0.1, -0.05) is 11.8 Å². The number of rotatable bonds is 1. The van der Waals surface area contributed by atoms with Gasteiger partial charge in [0.25, 0.3) is 0 Å². The molecule has 0 aliphatic rings. The van der Waals surface area contributed by atoms with Crippen LogP contribution in [0.3, 0.4) is 0 Å². The standard InChI is InChI=1S/C6H8N2OS/c1-8-4-3-5(10-2)7-6(8)9/h3-4H,1-2H3/p+1. The third kappa shape index (κ3) is 1.39. The molecule has 0 fully saturated rings. The van der Waals surface area contributed by atoms with Gasteiger partial charge in [-0.15, -0.1) is 0 Å². The van der Waals surface area contributed by atoms with E-state index >= 15 is 0 Å². The first-order valence-corrected chi connectivity index (χ1v) is 4.09. The molecule has 0 unspecified atom stereocenters. The van der Waals surface area contributed by atoms with Crippen molar-refractivity contribution in [3.63, 3.8) is 0 Å². The summed E-state index contributed by atoms with van der Waals surface area (Å²) in [6, 6.07) is 1.87. The van der Waals surface area contributed by atoms with Crippen molar-refractivity contribution in [2.45, 2.75) is 5.03 Å². The van der Waals surface area contributed by atoms with E-state index < -0.39 is 0 Å². The van der Waals surface area contributed by atoms with Crippen LogP contribution in [-0.2, 0) is 7.05 Å². The van der Waals surface area contributed by atoms with Gasteiger partial charge in [-0.05, 0) is 6.26 Å². The molecule has 0 atom stereocenters. The molecule has 0 amide bonds. The molecule has 0 saturated carbocycles. The number of thioether (sulfide) groups is 1. The van der Waals surface area contributed by atoms with Crippen LogP contribution in [0.4, 0.5) is 0 Å². The summed E-state index contributed by atoms with van der Waals surface area (Å²) in [6.07, 6.45) is 3.66. The summed E-state index contributed by atoms with van der Waals surface area (Å²) in [6.45, 7) is 0. The highest BCUT2D eigenvalue weighted by atomic mass is 32.2. The van der Waals surface area contributed by atoms with Gasteiger partial charge in [0.15, 0.2) is 5.03 Å². The zero-order valence-corrected chi connectivity index (χ0v) is 6.73. The molecular weight excluding hydrogens is 148 g/mol. The van der Waals surface area contributed by atoms with Gasteiger partial charge in [0.05, 0.1) is 13.2 Å². The summed E-state index contributed by atoms with van der Waals surface area (Å²) >= 11 is 1.52. The van der Waals surface area contributed by atoms with Crippen LogP contribution >= 0.6 is 11.8 Å². The molecule has 0 bridgehead atoms. The zero-order chi connectivity index (χ0) is 7.56. The summed E-state index contributed by atoms with van der Waals surface area (Å²) < 4.78 is 1.50. The van der Waals surface area contributed by atoms with Crippen LogP contribution in [0.25, 0.3) is 0 Å². The summed E-state index contributed by atoms with van der Waals surface area (Å²) in [5, 5.41) is 0.892. The van der Waals surface area contributed by atoms with Crippen molar-refractivity contribution < 1.29 is 4.57 Å². The van der Waals surface area contributed by atoms with E-state index in [0.717, 1.165) is 5.03 Å². The highest BCUT2D eigenvalue weighted by Crippen LogP contribution is 2.04. The molecule has 0 radical (unpaired) electrons. The van der Waals surface area contributed by atoms with E-state index in [9.17, 15) is 4.79 Å². The van der Waals surface area contributed by atoms with Gasteiger partial charge < -0.3 is 0 Å². The monoisotopic (exact) mass is 157 g/mol. The average Bonchev–Trinajstić information content (AvgIpc) is 1.95. The van der Waals surface area contributed by atoms with E-state index in [0.29, 0.717) is 0 Å². The summed E-state index contributed by atoms with van der Waals surface area (Å²) in [5.41, 5.74) is -0.0770. The van der Waals surface area contributed by atoms with Crippen LogP contribution in [0.1, 0.15) is 0 Å². The maximum absolute atomic E-state index is 10.9. The Balaban J connectivity index is 3.17. The molecule has 1 N–H and O–H groups in total. The third-order valence-electron chi connectivity index (χ3n) is 1.22. The maximum atomic E-state index is 10.9. The first kappa shape index (κ1) is 7.34. The van der Waals surface area contributed by atoms with E-state index in [1.54, 1.807) is 13.2 Å². The lowest BCUT2D eigenvalue weighted by Gasteiger charge is -1.88. The van der Waals surface area contributed by atoms with Gasteiger partial charge in [-0.25, -0.2) is 4.57 Å². The first-order chi connectivity index (χ1) is 4.74. The Morgan fingerprint density at radius 2 is 2.40 bits per heavy atom. The molecule has 0 aliphatic carbocycles. The lowest BCUT2D eigenvalue weighted by Crippen LogP contribution is -2.47. The number of nitrogens with one attached hydrogen (secondary N) is 1. The second-order valence-electron chi connectivity index (χ2n) is 1.93. The van der Waals surface area contributed by atoms with E-state index in [-0.39, 0.29) is 5.69 Å². The van der Waals surface area contributed by atoms with Crippen LogP contribution in [0, 0.1) is 0 Å². The molecular formula is C6H9N2OS+. The Morgan fingerprint density at radius 3 is 2.90 bits per heavy atom. The van der Waals surface area contributed by atoms with Crippen LogP contribution in [0.2, 0.25) is 0 Å². The predicted molar refractivity (Wildman–Crippen MR) is 40.0 cm³/mol. The Hall–Kier alpha value is -0.770. The fourth-order valence-electron chi connectivity index (χ4n) is 0.602. The number of aryl methyl sites for hydroxylation is 1. The smallest absolute Gasteiger partial charge is 0.201 e. The molecule has 10 heavy (non-hydrogen) atoms. The fourth-order valence-corrected chi connectivity index (χ4v) is 0.988. The lowest BCUT2D eigenvalue weighted by molar-refractivity contribution is -0.689. The molecule has 54 valence electrons. The molecule has 0 saturated heterocycles. The molecule has 0 aromatic carbocycles. The van der Waals surface area contributed by atoms with E-state index in [1.165, 1.54) is 16.3 Å². The second kappa shape index (κ2) is 2.88. The SMILES string of the molecule is CSc1cc[n+](C)c(=O)[nH]1. The quantitative estimate of drug-likeness (QED) is 0.352. The first-order valence-electron chi connectivity index (χ1n) is 2.87. The van der Waals surface area contributed by atoms with Crippen LogP contribution in [0.5, 0.6) is 0 Å². The van der Waals surface area contributed by atoms with Crippen LogP contribution in [0.15, 0.2) is 22.1 Å². The number of aromatic nitrogens is 2. The average molecular weight is 157 g/mol. The number of H-pyrrole nitrogens is 1. The fraction of sp³-hybridized carbons (Fsp3) is 0.333. The van der Waals surface area contributed by atoms with E-state index in [4.69, 9.17) is 0 Å². The van der Waals surface area contributed by atoms with Gasteiger partial charge in [0.2, 0.25) is 0 Å². The van der Waals surface area contributed by atoms with Crippen LogP contribution in [-0.4, -0.2) is 11.2 Å². The largest absolute Gasteiger partial charge is 0.496 e. The van der Waals surface area contributed by atoms with Gasteiger partial charge in [-0.3, -0.25) is 0 Å². The Kier molecular flexibility index (Phi) is 2.11. The van der Waals surface area contributed by atoms with Crippen molar-refractivity contribution in [1.82, 2.24) is 4.98 Å².